The Hall–Kier alpha value is -1.31. The van der Waals surface area contributed by atoms with E-state index in [4.69, 9.17) is 10.00 Å². The van der Waals surface area contributed by atoms with Crippen LogP contribution in [0.1, 0.15) is 30.5 Å². The van der Waals surface area contributed by atoms with E-state index in [1.165, 1.54) is 18.4 Å². The lowest BCUT2D eigenvalue weighted by Gasteiger charge is -2.19. The zero-order valence-electron chi connectivity index (χ0n) is 10.0. The number of nitriles is 1. The molecule has 1 aromatic heterocycles. The molecular weight excluding hydrogens is 214 g/mol. The molecule has 4 heteroatoms. The molecule has 2 fully saturated rings. The molecule has 0 spiro atoms. The highest BCUT2D eigenvalue weighted by Crippen LogP contribution is 2.34. The highest BCUT2D eigenvalue weighted by molar-refractivity contribution is 5.28. The number of nitrogens with one attached hydrogen (secondary N) is 1. The minimum Gasteiger partial charge on any atom is -0.373 e. The average molecular weight is 231 g/mol. The highest BCUT2D eigenvalue weighted by atomic mass is 16.5. The summed E-state index contributed by atoms with van der Waals surface area (Å²) in [6.07, 6.45) is 6.48. The fourth-order valence-electron chi connectivity index (χ4n) is 2.94. The van der Waals surface area contributed by atoms with Gasteiger partial charge in [0, 0.05) is 25.8 Å². The molecule has 17 heavy (non-hydrogen) atoms. The minimum absolute atomic E-state index is 0.416. The Labute approximate surface area is 101 Å². The van der Waals surface area contributed by atoms with Gasteiger partial charge in [0.1, 0.15) is 11.8 Å². The van der Waals surface area contributed by atoms with Crippen LogP contribution in [0, 0.1) is 11.3 Å². The molecule has 0 amide bonds. The zero-order chi connectivity index (χ0) is 11.8. The van der Waals surface area contributed by atoms with Crippen molar-refractivity contribution in [3.8, 4) is 6.07 Å². The Balaban J connectivity index is 1.59. The summed E-state index contributed by atoms with van der Waals surface area (Å²) in [5.41, 5.74) is 1.89. The predicted octanol–water partition coefficient (Wildman–Crippen LogP) is 1.31. The topological polar surface area (TPSA) is 50.0 Å². The van der Waals surface area contributed by atoms with E-state index in [9.17, 15) is 0 Å². The standard InChI is InChI=1S/C13H17N3O/c1-16-8-9(4-10(16)6-14)7-15-12-5-11-2-3-13(12)17-11/h4,8,11-13,15H,2-3,5,7H2,1H3. The first-order valence-electron chi connectivity index (χ1n) is 6.20. The van der Waals surface area contributed by atoms with Crippen molar-refractivity contribution in [2.75, 3.05) is 0 Å². The average Bonchev–Trinajstić information content (AvgIpc) is 3.00. The second-order valence-corrected chi connectivity index (χ2v) is 5.05. The molecule has 1 aromatic rings. The maximum Gasteiger partial charge on any atom is 0.120 e. The Morgan fingerprint density at radius 1 is 1.59 bits per heavy atom. The SMILES string of the molecule is Cn1cc(CNC2CC3CCC2O3)cc1C#N. The summed E-state index contributed by atoms with van der Waals surface area (Å²) in [5, 5.41) is 12.4. The number of aromatic nitrogens is 1. The van der Waals surface area contributed by atoms with Crippen LogP contribution in [0.2, 0.25) is 0 Å². The van der Waals surface area contributed by atoms with Crippen molar-refractivity contribution in [3.63, 3.8) is 0 Å². The number of ether oxygens (including phenoxy) is 1. The molecule has 1 N–H and O–H groups in total. The van der Waals surface area contributed by atoms with Gasteiger partial charge in [-0.3, -0.25) is 0 Å². The number of nitrogens with zero attached hydrogens (tertiary/aromatic N) is 2. The van der Waals surface area contributed by atoms with E-state index in [-0.39, 0.29) is 0 Å². The van der Waals surface area contributed by atoms with Crippen LogP contribution >= 0.6 is 0 Å². The lowest BCUT2D eigenvalue weighted by molar-refractivity contribution is 0.0973. The molecule has 2 aliphatic rings. The van der Waals surface area contributed by atoms with Crippen LogP contribution in [-0.2, 0) is 18.3 Å². The number of rotatable bonds is 3. The van der Waals surface area contributed by atoms with E-state index in [1.807, 2.05) is 23.9 Å². The van der Waals surface area contributed by atoms with Crippen molar-refractivity contribution in [2.45, 2.75) is 44.1 Å². The van der Waals surface area contributed by atoms with Crippen molar-refractivity contribution < 1.29 is 4.74 Å². The van der Waals surface area contributed by atoms with Gasteiger partial charge in [-0.25, -0.2) is 0 Å². The quantitative estimate of drug-likeness (QED) is 0.853. The molecule has 2 aliphatic heterocycles. The maximum atomic E-state index is 8.89. The molecule has 0 aromatic carbocycles. The molecule has 0 radical (unpaired) electrons. The molecule has 3 heterocycles. The Morgan fingerprint density at radius 3 is 3.06 bits per heavy atom. The van der Waals surface area contributed by atoms with Crippen LogP contribution in [0.25, 0.3) is 0 Å². The summed E-state index contributed by atoms with van der Waals surface area (Å²) in [6.45, 7) is 0.826. The summed E-state index contributed by atoms with van der Waals surface area (Å²) in [6, 6.07) is 4.63. The number of hydrogen-bond donors (Lipinski definition) is 1. The van der Waals surface area contributed by atoms with Gasteiger partial charge < -0.3 is 14.6 Å². The first-order chi connectivity index (χ1) is 8.26. The van der Waals surface area contributed by atoms with Gasteiger partial charge in [-0.1, -0.05) is 0 Å². The van der Waals surface area contributed by atoms with E-state index >= 15 is 0 Å². The maximum absolute atomic E-state index is 8.89. The fourth-order valence-corrected chi connectivity index (χ4v) is 2.94. The van der Waals surface area contributed by atoms with Crippen LogP contribution in [-0.4, -0.2) is 22.8 Å². The van der Waals surface area contributed by atoms with Crippen LogP contribution in [0.15, 0.2) is 12.3 Å². The first-order valence-corrected chi connectivity index (χ1v) is 6.20. The van der Waals surface area contributed by atoms with Gasteiger partial charge in [0.2, 0.25) is 0 Å². The molecule has 0 aliphatic carbocycles. The Morgan fingerprint density at radius 2 is 2.47 bits per heavy atom. The normalized spacial score (nSPS) is 30.7. The summed E-state index contributed by atoms with van der Waals surface area (Å²) >= 11 is 0. The third kappa shape index (κ3) is 1.97. The van der Waals surface area contributed by atoms with Gasteiger partial charge in [-0.15, -0.1) is 0 Å². The molecule has 4 nitrogen and oxygen atoms in total. The van der Waals surface area contributed by atoms with E-state index in [2.05, 4.69) is 11.4 Å². The second-order valence-electron chi connectivity index (χ2n) is 5.05. The van der Waals surface area contributed by atoms with Crippen molar-refractivity contribution in [2.24, 2.45) is 7.05 Å². The highest BCUT2D eigenvalue weighted by Gasteiger charge is 2.40. The summed E-state index contributed by atoms with van der Waals surface area (Å²) in [7, 11) is 1.91. The lowest BCUT2D eigenvalue weighted by Crippen LogP contribution is -2.36. The summed E-state index contributed by atoms with van der Waals surface area (Å²) in [5.74, 6) is 0. The van der Waals surface area contributed by atoms with Gasteiger partial charge in [-0.05, 0) is 30.9 Å². The van der Waals surface area contributed by atoms with Gasteiger partial charge in [0.25, 0.3) is 0 Å². The summed E-state index contributed by atoms with van der Waals surface area (Å²) in [4.78, 5) is 0. The van der Waals surface area contributed by atoms with Crippen LogP contribution in [0.4, 0.5) is 0 Å². The third-order valence-electron chi connectivity index (χ3n) is 3.85. The minimum atomic E-state index is 0.416. The fraction of sp³-hybridized carbons (Fsp3) is 0.615. The predicted molar refractivity (Wildman–Crippen MR) is 63.3 cm³/mol. The zero-order valence-corrected chi connectivity index (χ0v) is 10.0. The second kappa shape index (κ2) is 4.17. The van der Waals surface area contributed by atoms with E-state index < -0.39 is 0 Å². The molecule has 2 bridgehead atoms. The van der Waals surface area contributed by atoms with E-state index in [0.717, 1.165) is 13.0 Å². The van der Waals surface area contributed by atoms with Gasteiger partial charge in [0.15, 0.2) is 0 Å². The largest absolute Gasteiger partial charge is 0.373 e. The van der Waals surface area contributed by atoms with Crippen LogP contribution in [0.5, 0.6) is 0 Å². The Kier molecular flexibility index (Phi) is 2.65. The monoisotopic (exact) mass is 231 g/mol. The van der Waals surface area contributed by atoms with Crippen molar-refractivity contribution >= 4 is 0 Å². The number of hydrogen-bond acceptors (Lipinski definition) is 3. The van der Waals surface area contributed by atoms with Crippen molar-refractivity contribution in [1.29, 1.82) is 5.26 Å². The third-order valence-corrected chi connectivity index (χ3v) is 3.85. The van der Waals surface area contributed by atoms with Crippen molar-refractivity contribution in [3.05, 3.63) is 23.5 Å². The van der Waals surface area contributed by atoms with Gasteiger partial charge in [-0.2, -0.15) is 5.26 Å². The van der Waals surface area contributed by atoms with Crippen LogP contribution < -0.4 is 5.32 Å². The smallest absolute Gasteiger partial charge is 0.120 e. The molecule has 90 valence electrons. The molecule has 3 rings (SSSR count). The van der Waals surface area contributed by atoms with Crippen LogP contribution in [0.3, 0.4) is 0 Å². The molecular formula is C13H17N3O. The first kappa shape index (κ1) is 10.8. The van der Waals surface area contributed by atoms with Gasteiger partial charge in [0.05, 0.1) is 12.2 Å². The van der Waals surface area contributed by atoms with Crippen molar-refractivity contribution in [1.82, 2.24) is 9.88 Å². The number of aryl methyl sites for hydroxylation is 1. The number of fused-ring (bicyclic) bond motifs is 2. The lowest BCUT2D eigenvalue weighted by atomic mass is 9.95. The molecule has 0 saturated carbocycles. The van der Waals surface area contributed by atoms with Gasteiger partial charge >= 0.3 is 0 Å². The molecule has 3 atom stereocenters. The van der Waals surface area contributed by atoms with E-state index in [0.29, 0.717) is 23.9 Å². The summed E-state index contributed by atoms with van der Waals surface area (Å²) < 4.78 is 7.67. The molecule has 2 saturated heterocycles. The molecule has 3 unspecified atom stereocenters. The van der Waals surface area contributed by atoms with E-state index in [1.54, 1.807) is 0 Å². The Bertz CT molecular complexity index is 460.